The van der Waals surface area contributed by atoms with Gasteiger partial charge in [-0.25, -0.2) is 0 Å². The summed E-state index contributed by atoms with van der Waals surface area (Å²) in [6.07, 6.45) is 35.1. The zero-order valence-corrected chi connectivity index (χ0v) is 34.0. The lowest BCUT2D eigenvalue weighted by atomic mass is 10.0. The molecular weight excluding hydrogens is 642 g/mol. The summed E-state index contributed by atoms with van der Waals surface area (Å²) in [7, 11) is 5.40. The predicted molar refractivity (Wildman–Crippen MR) is 208 cm³/mol. The first-order valence-electron chi connectivity index (χ1n) is 21.2. The van der Waals surface area contributed by atoms with Crippen molar-refractivity contribution in [2.24, 2.45) is 0 Å². The maximum atomic E-state index is 12.7. The van der Waals surface area contributed by atoms with Gasteiger partial charge in [0.2, 0.25) is 0 Å². The lowest BCUT2D eigenvalue weighted by molar-refractivity contribution is -0.889. The van der Waals surface area contributed by atoms with E-state index in [4.69, 9.17) is 14.2 Å². The van der Waals surface area contributed by atoms with Crippen molar-refractivity contribution in [2.75, 3.05) is 41.0 Å². The number of carboxylic acids is 1. The quantitative estimate of drug-likeness (QED) is 0.0271. The molecule has 300 valence electrons. The van der Waals surface area contributed by atoms with Crippen LogP contribution in [0, 0.1) is 0 Å². The molecule has 0 saturated heterocycles. The number of allylic oxidation sites excluding steroid dienone is 2. The Morgan fingerprint density at radius 1 is 0.569 bits per heavy atom. The summed E-state index contributed by atoms with van der Waals surface area (Å²) in [4.78, 5) is 36.7. The van der Waals surface area contributed by atoms with Gasteiger partial charge in [0.1, 0.15) is 12.6 Å². The van der Waals surface area contributed by atoms with Crippen LogP contribution in [0.25, 0.3) is 0 Å². The average Bonchev–Trinajstić information content (AvgIpc) is 3.08. The molecule has 0 fully saturated rings. The van der Waals surface area contributed by atoms with Crippen LogP contribution < -0.4 is 5.11 Å². The van der Waals surface area contributed by atoms with Gasteiger partial charge in [-0.15, -0.1) is 0 Å². The number of ether oxygens (including phenoxy) is 3. The minimum Gasteiger partial charge on any atom is -0.544 e. The summed E-state index contributed by atoms with van der Waals surface area (Å²) in [6, 6.07) is -0.722. The van der Waals surface area contributed by atoms with Crippen LogP contribution in [-0.2, 0) is 28.6 Å². The minimum atomic E-state index is -1.12. The first-order valence-corrected chi connectivity index (χ1v) is 21.2. The highest BCUT2D eigenvalue weighted by Gasteiger charge is 2.25. The predicted octanol–water partition coefficient (Wildman–Crippen LogP) is 9.80. The van der Waals surface area contributed by atoms with Gasteiger partial charge in [-0.3, -0.25) is 9.59 Å². The molecule has 0 spiro atoms. The number of aliphatic carboxylic acids is 1. The molecule has 0 saturated carbocycles. The number of unbranched alkanes of at least 4 members (excludes halogenated alkanes) is 22. The SMILES string of the molecule is CCCCCCCCC/C=C/CCCCCC(=O)OCC(COCCC(C(=O)[O-])[N+](C)(C)C)OC(=O)CCCCCCCCCCCCCCC. The molecule has 0 aromatic rings. The van der Waals surface area contributed by atoms with Crippen molar-refractivity contribution in [1.82, 2.24) is 0 Å². The highest BCUT2D eigenvalue weighted by atomic mass is 16.6. The lowest BCUT2D eigenvalue weighted by Crippen LogP contribution is -2.55. The Kier molecular flexibility index (Phi) is 33.8. The van der Waals surface area contributed by atoms with Gasteiger partial charge in [0.05, 0.1) is 40.3 Å². The van der Waals surface area contributed by atoms with Gasteiger partial charge in [-0.1, -0.05) is 148 Å². The number of rotatable bonds is 38. The van der Waals surface area contributed by atoms with E-state index in [0.29, 0.717) is 12.8 Å². The number of nitrogens with zero attached hydrogens (tertiary/aromatic N) is 1. The fraction of sp³-hybridized carbons (Fsp3) is 0.884. The van der Waals surface area contributed by atoms with Crippen molar-refractivity contribution in [1.29, 1.82) is 0 Å². The number of carboxylic acid groups (broad SMARTS) is 1. The molecule has 8 heteroatoms. The van der Waals surface area contributed by atoms with E-state index in [1.807, 2.05) is 0 Å². The normalized spacial score (nSPS) is 13.0. The fourth-order valence-corrected chi connectivity index (χ4v) is 6.30. The summed E-state index contributed by atoms with van der Waals surface area (Å²) in [5, 5.41) is 11.6. The van der Waals surface area contributed by atoms with Crippen LogP contribution in [0.15, 0.2) is 12.2 Å². The second-order valence-electron chi connectivity index (χ2n) is 15.6. The van der Waals surface area contributed by atoms with Gasteiger partial charge in [-0.05, 0) is 38.5 Å². The number of esters is 2. The molecule has 0 aromatic heterocycles. The van der Waals surface area contributed by atoms with E-state index in [9.17, 15) is 19.5 Å². The molecule has 0 aliphatic rings. The van der Waals surface area contributed by atoms with Crippen molar-refractivity contribution in [3.05, 3.63) is 12.2 Å². The number of likely N-dealkylation sites (N-methyl/N-ethyl adjacent to an activating group) is 1. The Morgan fingerprint density at radius 3 is 1.43 bits per heavy atom. The second-order valence-corrected chi connectivity index (χ2v) is 15.6. The maximum Gasteiger partial charge on any atom is 0.306 e. The van der Waals surface area contributed by atoms with Crippen molar-refractivity contribution in [3.63, 3.8) is 0 Å². The second kappa shape index (κ2) is 35.1. The molecule has 0 amide bonds. The van der Waals surface area contributed by atoms with Crippen molar-refractivity contribution in [2.45, 2.75) is 206 Å². The molecule has 0 N–H and O–H groups in total. The Labute approximate surface area is 314 Å². The molecule has 0 heterocycles. The first-order chi connectivity index (χ1) is 24.6. The molecular formula is C43H81NO7. The van der Waals surface area contributed by atoms with Gasteiger partial charge in [0.25, 0.3) is 0 Å². The minimum absolute atomic E-state index is 0.0414. The Balaban J connectivity index is 4.37. The molecule has 0 aromatic carbocycles. The van der Waals surface area contributed by atoms with E-state index in [1.54, 1.807) is 21.1 Å². The molecule has 0 rings (SSSR count). The number of hydrogen-bond acceptors (Lipinski definition) is 7. The van der Waals surface area contributed by atoms with Gasteiger partial charge in [0, 0.05) is 19.3 Å². The Bertz CT molecular complexity index is 854. The zero-order chi connectivity index (χ0) is 37.8. The number of hydrogen-bond donors (Lipinski definition) is 0. The standard InChI is InChI=1S/C43H81NO7/c1-6-8-10-12-14-16-18-20-22-23-25-27-29-31-33-41(45)50-38-39(37-49-36-35-40(43(47)48)44(3,4)5)51-42(46)34-32-30-28-26-24-21-19-17-15-13-11-9-7-2/h22-23,39-40H,6-21,24-38H2,1-5H3/b23-22+. The molecule has 51 heavy (non-hydrogen) atoms. The lowest BCUT2D eigenvalue weighted by Gasteiger charge is -2.34. The maximum absolute atomic E-state index is 12.7. The summed E-state index contributed by atoms with van der Waals surface area (Å²) >= 11 is 0. The van der Waals surface area contributed by atoms with Crippen molar-refractivity contribution < 1.29 is 38.2 Å². The van der Waals surface area contributed by atoms with Crippen LogP contribution in [-0.4, -0.2) is 75.5 Å². The van der Waals surface area contributed by atoms with Crippen LogP contribution in [0.3, 0.4) is 0 Å². The van der Waals surface area contributed by atoms with Gasteiger partial charge in [-0.2, -0.15) is 0 Å². The largest absolute Gasteiger partial charge is 0.544 e. The number of carbonyl (C=O) groups excluding carboxylic acids is 3. The van der Waals surface area contributed by atoms with E-state index in [2.05, 4.69) is 26.0 Å². The monoisotopic (exact) mass is 724 g/mol. The third-order valence-corrected chi connectivity index (χ3v) is 9.65. The Hall–Kier alpha value is -1.93. The van der Waals surface area contributed by atoms with E-state index < -0.39 is 18.1 Å². The molecule has 0 bridgehead atoms. The van der Waals surface area contributed by atoms with Crippen LogP contribution in [0.1, 0.15) is 194 Å². The van der Waals surface area contributed by atoms with Crippen LogP contribution in [0.2, 0.25) is 0 Å². The highest BCUT2D eigenvalue weighted by Crippen LogP contribution is 2.15. The van der Waals surface area contributed by atoms with E-state index in [-0.39, 0.29) is 42.7 Å². The van der Waals surface area contributed by atoms with Crippen LogP contribution in [0.4, 0.5) is 0 Å². The van der Waals surface area contributed by atoms with E-state index in [1.165, 1.54) is 109 Å². The van der Waals surface area contributed by atoms with Gasteiger partial charge in [0.15, 0.2) is 6.10 Å². The Morgan fingerprint density at radius 2 is 0.980 bits per heavy atom. The molecule has 0 aliphatic heterocycles. The van der Waals surface area contributed by atoms with Crippen molar-refractivity contribution >= 4 is 17.9 Å². The zero-order valence-electron chi connectivity index (χ0n) is 34.0. The molecule has 0 radical (unpaired) electrons. The highest BCUT2D eigenvalue weighted by molar-refractivity contribution is 5.70. The molecule has 2 atom stereocenters. The van der Waals surface area contributed by atoms with E-state index >= 15 is 0 Å². The summed E-state index contributed by atoms with van der Waals surface area (Å²) in [5.41, 5.74) is 0. The number of quaternary nitrogens is 1. The molecule has 2 unspecified atom stereocenters. The van der Waals surface area contributed by atoms with Crippen molar-refractivity contribution in [3.8, 4) is 0 Å². The van der Waals surface area contributed by atoms with Crippen LogP contribution >= 0.6 is 0 Å². The third-order valence-electron chi connectivity index (χ3n) is 9.65. The first kappa shape index (κ1) is 49.1. The summed E-state index contributed by atoms with van der Waals surface area (Å²) in [5.74, 6) is -1.74. The van der Waals surface area contributed by atoms with Gasteiger partial charge >= 0.3 is 11.9 Å². The van der Waals surface area contributed by atoms with Gasteiger partial charge < -0.3 is 28.6 Å². The topological polar surface area (TPSA) is 102 Å². The third kappa shape index (κ3) is 33.6. The van der Waals surface area contributed by atoms with E-state index in [0.717, 1.165) is 51.4 Å². The molecule has 0 aliphatic carbocycles. The summed E-state index contributed by atoms with van der Waals surface area (Å²) in [6.45, 7) is 4.65. The average molecular weight is 724 g/mol. The molecule has 8 nitrogen and oxygen atoms in total. The smallest absolute Gasteiger partial charge is 0.306 e. The van der Waals surface area contributed by atoms with Crippen LogP contribution in [0.5, 0.6) is 0 Å². The summed E-state index contributed by atoms with van der Waals surface area (Å²) < 4.78 is 17.1. The number of carbonyl (C=O) groups is 3. The fourth-order valence-electron chi connectivity index (χ4n) is 6.30.